The Morgan fingerprint density at radius 3 is 2.60 bits per heavy atom. The van der Waals surface area contributed by atoms with E-state index < -0.39 is 12.0 Å². The van der Waals surface area contributed by atoms with Crippen LogP contribution in [-0.4, -0.2) is 12.0 Å². The number of carbonyl (C=O) groups is 1. The highest BCUT2D eigenvalue weighted by Gasteiger charge is 2.09. The second kappa shape index (κ2) is 5.01. The minimum Gasteiger partial charge on any atom is -0.481 e. The summed E-state index contributed by atoms with van der Waals surface area (Å²) in [5, 5.41) is 8.41. The summed E-state index contributed by atoms with van der Waals surface area (Å²) in [6.45, 7) is 1.58. The average molecular weight is 203 g/mol. The van der Waals surface area contributed by atoms with Gasteiger partial charge in [0.2, 0.25) is 0 Å². The zero-order valence-electron chi connectivity index (χ0n) is 8.31. The molecule has 15 heavy (non-hydrogen) atoms. The van der Waals surface area contributed by atoms with Crippen LogP contribution in [0.2, 0.25) is 0 Å². The molecule has 4 nitrogen and oxygen atoms in total. The normalized spacial score (nSPS) is 11.5. The SMILES string of the molecule is CC(Oc1ccc([CH]C#N)cc1)C(N)=O. The predicted molar refractivity (Wildman–Crippen MR) is 54.7 cm³/mol. The zero-order valence-corrected chi connectivity index (χ0v) is 8.31. The van der Waals surface area contributed by atoms with Crippen molar-refractivity contribution in [3.63, 3.8) is 0 Å². The third-order valence-corrected chi connectivity index (χ3v) is 1.82. The van der Waals surface area contributed by atoms with E-state index in [9.17, 15) is 4.79 Å². The lowest BCUT2D eigenvalue weighted by Crippen LogP contribution is -2.30. The van der Waals surface area contributed by atoms with Crippen molar-refractivity contribution in [2.45, 2.75) is 13.0 Å². The lowest BCUT2D eigenvalue weighted by Gasteiger charge is -2.10. The van der Waals surface area contributed by atoms with Gasteiger partial charge in [0, 0.05) is 0 Å². The van der Waals surface area contributed by atoms with Crippen molar-refractivity contribution in [2.75, 3.05) is 0 Å². The van der Waals surface area contributed by atoms with Crippen LogP contribution in [0.5, 0.6) is 5.75 Å². The molecule has 0 saturated carbocycles. The summed E-state index contributed by atoms with van der Waals surface area (Å²) in [5.74, 6) is 0.0408. The molecule has 0 bridgehead atoms. The molecule has 1 rings (SSSR count). The molecule has 77 valence electrons. The van der Waals surface area contributed by atoms with E-state index in [0.29, 0.717) is 5.75 Å². The maximum Gasteiger partial charge on any atom is 0.258 e. The first kappa shape index (κ1) is 11.1. The van der Waals surface area contributed by atoms with Gasteiger partial charge in [0.05, 0.1) is 12.5 Å². The number of hydrogen-bond acceptors (Lipinski definition) is 3. The highest BCUT2D eigenvalue weighted by molar-refractivity contribution is 5.78. The Labute approximate surface area is 88.3 Å². The van der Waals surface area contributed by atoms with Crippen LogP contribution in [0.1, 0.15) is 12.5 Å². The standard InChI is InChI=1S/C11H11N2O2/c1-8(11(13)14)15-10-4-2-9(3-5-10)6-7-12/h2-6,8H,1H3,(H2,13,14). The Bertz CT molecular complexity index is 379. The predicted octanol–water partition coefficient (Wildman–Crippen LogP) is 1.02. The number of rotatable bonds is 4. The molecule has 1 aromatic rings. The number of nitrogens with zero attached hydrogens (tertiary/aromatic N) is 1. The summed E-state index contributed by atoms with van der Waals surface area (Å²) < 4.78 is 5.24. The van der Waals surface area contributed by atoms with Gasteiger partial charge < -0.3 is 10.5 Å². The smallest absolute Gasteiger partial charge is 0.258 e. The third-order valence-electron chi connectivity index (χ3n) is 1.82. The fourth-order valence-corrected chi connectivity index (χ4v) is 0.979. The Hall–Kier alpha value is -2.02. The van der Waals surface area contributed by atoms with Crippen LogP contribution >= 0.6 is 0 Å². The van der Waals surface area contributed by atoms with Crippen LogP contribution in [0.4, 0.5) is 0 Å². The average Bonchev–Trinajstić information content (AvgIpc) is 2.21. The summed E-state index contributed by atoms with van der Waals surface area (Å²) in [5.41, 5.74) is 5.84. The van der Waals surface area contributed by atoms with Gasteiger partial charge in [0.15, 0.2) is 6.10 Å². The van der Waals surface area contributed by atoms with Gasteiger partial charge in [-0.15, -0.1) is 0 Å². The van der Waals surface area contributed by atoms with Gasteiger partial charge in [-0.05, 0) is 24.6 Å². The first-order valence-electron chi connectivity index (χ1n) is 4.42. The third kappa shape index (κ3) is 3.31. The van der Waals surface area contributed by atoms with E-state index >= 15 is 0 Å². The van der Waals surface area contributed by atoms with Gasteiger partial charge >= 0.3 is 0 Å². The van der Waals surface area contributed by atoms with Gasteiger partial charge in [-0.3, -0.25) is 4.79 Å². The van der Waals surface area contributed by atoms with Gasteiger partial charge in [-0.25, -0.2) is 0 Å². The first-order chi connectivity index (χ1) is 7.13. The van der Waals surface area contributed by atoms with Crippen molar-refractivity contribution in [3.8, 4) is 11.8 Å². The molecule has 0 saturated heterocycles. The maximum atomic E-state index is 10.7. The fraction of sp³-hybridized carbons (Fsp3) is 0.182. The molecule has 1 atom stereocenters. The lowest BCUT2D eigenvalue weighted by molar-refractivity contribution is -0.123. The quantitative estimate of drug-likeness (QED) is 0.793. The summed E-state index contributed by atoms with van der Waals surface area (Å²) in [4.78, 5) is 10.7. The second-order valence-corrected chi connectivity index (χ2v) is 3.00. The molecule has 0 aliphatic heterocycles. The number of nitrogens with two attached hydrogens (primary N) is 1. The number of nitriles is 1. The highest BCUT2D eigenvalue weighted by atomic mass is 16.5. The van der Waals surface area contributed by atoms with Crippen molar-refractivity contribution in [2.24, 2.45) is 5.73 Å². The molecule has 1 amide bonds. The summed E-state index contributed by atoms with van der Waals surface area (Å²) in [7, 11) is 0. The van der Waals surface area contributed by atoms with Gasteiger partial charge in [-0.2, -0.15) is 5.26 Å². The van der Waals surface area contributed by atoms with E-state index in [1.165, 1.54) is 6.42 Å². The highest BCUT2D eigenvalue weighted by Crippen LogP contribution is 2.14. The summed E-state index contributed by atoms with van der Waals surface area (Å²) in [6, 6.07) is 8.75. The molecule has 1 radical (unpaired) electrons. The minimum absolute atomic E-state index is 0.511. The van der Waals surface area contributed by atoms with Crippen molar-refractivity contribution in [1.82, 2.24) is 0 Å². The number of hydrogen-bond donors (Lipinski definition) is 1. The molecule has 2 N–H and O–H groups in total. The van der Waals surface area contributed by atoms with Gasteiger partial charge in [0.1, 0.15) is 5.75 Å². The number of primary amides is 1. The first-order valence-corrected chi connectivity index (χ1v) is 4.42. The van der Waals surface area contributed by atoms with Crippen LogP contribution in [0.15, 0.2) is 24.3 Å². The van der Waals surface area contributed by atoms with Crippen LogP contribution in [-0.2, 0) is 4.79 Å². The summed E-state index contributed by atoms with van der Waals surface area (Å²) >= 11 is 0. The number of ether oxygens (including phenoxy) is 1. The molecule has 0 heterocycles. The Morgan fingerprint density at radius 2 is 2.13 bits per heavy atom. The number of carbonyl (C=O) groups excluding carboxylic acids is 1. The maximum absolute atomic E-state index is 10.7. The molecule has 0 aliphatic rings. The Kier molecular flexibility index (Phi) is 3.69. The van der Waals surface area contributed by atoms with E-state index in [0.717, 1.165) is 5.56 Å². The monoisotopic (exact) mass is 203 g/mol. The van der Waals surface area contributed by atoms with E-state index in [4.69, 9.17) is 15.7 Å². The minimum atomic E-state index is -0.657. The van der Waals surface area contributed by atoms with Crippen LogP contribution in [0, 0.1) is 17.8 Å². The van der Waals surface area contributed by atoms with E-state index in [2.05, 4.69) is 0 Å². The molecule has 0 spiro atoms. The molecule has 1 aromatic carbocycles. The van der Waals surface area contributed by atoms with Crippen LogP contribution < -0.4 is 10.5 Å². The van der Waals surface area contributed by atoms with E-state index in [1.54, 1.807) is 31.2 Å². The number of benzene rings is 1. The number of amides is 1. The Balaban J connectivity index is 2.65. The van der Waals surface area contributed by atoms with E-state index in [1.807, 2.05) is 6.07 Å². The van der Waals surface area contributed by atoms with Gasteiger partial charge in [-0.1, -0.05) is 12.1 Å². The topological polar surface area (TPSA) is 76.1 Å². The van der Waals surface area contributed by atoms with Crippen molar-refractivity contribution in [3.05, 3.63) is 36.2 Å². The molecule has 0 aliphatic carbocycles. The second-order valence-electron chi connectivity index (χ2n) is 3.00. The summed E-state index contributed by atoms with van der Waals surface area (Å²) in [6.07, 6.45) is 0.761. The van der Waals surface area contributed by atoms with Crippen LogP contribution in [0.3, 0.4) is 0 Å². The van der Waals surface area contributed by atoms with Crippen LogP contribution in [0.25, 0.3) is 0 Å². The fourth-order valence-electron chi connectivity index (χ4n) is 0.979. The van der Waals surface area contributed by atoms with Crippen molar-refractivity contribution in [1.29, 1.82) is 5.26 Å². The van der Waals surface area contributed by atoms with Crippen molar-refractivity contribution >= 4 is 5.91 Å². The molecule has 1 unspecified atom stereocenters. The Morgan fingerprint density at radius 1 is 1.53 bits per heavy atom. The zero-order chi connectivity index (χ0) is 11.3. The molecule has 0 aromatic heterocycles. The van der Waals surface area contributed by atoms with Gasteiger partial charge in [0.25, 0.3) is 5.91 Å². The van der Waals surface area contributed by atoms with Crippen molar-refractivity contribution < 1.29 is 9.53 Å². The largest absolute Gasteiger partial charge is 0.481 e. The van der Waals surface area contributed by atoms with E-state index in [-0.39, 0.29) is 0 Å². The lowest BCUT2D eigenvalue weighted by atomic mass is 10.2. The molecule has 4 heteroatoms. The molecular weight excluding hydrogens is 192 g/mol. The molecular formula is C11H11N2O2. The molecule has 0 fully saturated rings.